The van der Waals surface area contributed by atoms with E-state index in [0.29, 0.717) is 0 Å². The summed E-state index contributed by atoms with van der Waals surface area (Å²) >= 11 is 0. The number of rotatable bonds is 2. The normalized spacial score (nSPS) is 11.5. The minimum atomic E-state index is -4.51. The van der Waals surface area contributed by atoms with Crippen LogP contribution in [-0.2, 0) is 6.18 Å². The Morgan fingerprint density at radius 3 is 2.41 bits per heavy atom. The number of aromatic nitrogens is 4. The van der Waals surface area contributed by atoms with Gasteiger partial charge in [-0.2, -0.15) is 23.4 Å². The second kappa shape index (κ2) is 4.04. The Kier molecular flexibility index (Phi) is 2.70. The molecule has 5 nitrogen and oxygen atoms in total. The summed E-state index contributed by atoms with van der Waals surface area (Å²) < 4.78 is 38.5. The van der Waals surface area contributed by atoms with Crippen LogP contribution in [0.5, 0.6) is 0 Å². The maximum Gasteiger partial charge on any atom is 0.420 e. The average Bonchev–Trinajstić information content (AvgIpc) is 2.80. The van der Waals surface area contributed by atoms with Crippen LogP contribution in [0.3, 0.4) is 0 Å². The lowest BCUT2D eigenvalue weighted by Crippen LogP contribution is -2.14. The maximum atomic E-state index is 12.8. The van der Waals surface area contributed by atoms with Gasteiger partial charge in [0, 0.05) is 7.05 Å². The number of hydrogen-bond acceptors (Lipinski definition) is 4. The largest absolute Gasteiger partial charge is 0.420 e. The molecule has 1 N–H and O–H groups in total. The molecule has 0 aliphatic heterocycles. The van der Waals surface area contributed by atoms with Crippen LogP contribution in [0.2, 0.25) is 0 Å². The van der Waals surface area contributed by atoms with Gasteiger partial charge in [-0.05, 0) is 6.07 Å². The van der Waals surface area contributed by atoms with E-state index in [2.05, 4.69) is 20.5 Å². The molecule has 2 rings (SSSR count). The van der Waals surface area contributed by atoms with Gasteiger partial charge in [-0.1, -0.05) is 0 Å². The molecule has 0 atom stereocenters. The van der Waals surface area contributed by atoms with E-state index in [-0.39, 0.29) is 11.5 Å². The number of anilines is 1. The molecule has 0 spiro atoms. The Morgan fingerprint density at radius 2 is 1.88 bits per heavy atom. The summed E-state index contributed by atoms with van der Waals surface area (Å²) in [4.78, 5) is 4.55. The minimum absolute atomic E-state index is 0.272. The van der Waals surface area contributed by atoms with Gasteiger partial charge in [0.1, 0.15) is 5.56 Å². The van der Waals surface area contributed by atoms with Crippen molar-refractivity contribution in [1.29, 1.82) is 0 Å². The zero-order valence-corrected chi connectivity index (χ0v) is 8.73. The van der Waals surface area contributed by atoms with E-state index in [9.17, 15) is 13.2 Å². The van der Waals surface area contributed by atoms with Crippen molar-refractivity contribution in [2.45, 2.75) is 6.18 Å². The first kappa shape index (κ1) is 11.4. The van der Waals surface area contributed by atoms with Gasteiger partial charge in [-0.15, -0.1) is 4.80 Å². The van der Waals surface area contributed by atoms with Crippen LogP contribution in [-0.4, -0.2) is 27.0 Å². The fourth-order valence-electron chi connectivity index (χ4n) is 1.29. The van der Waals surface area contributed by atoms with Gasteiger partial charge < -0.3 is 5.32 Å². The van der Waals surface area contributed by atoms with E-state index < -0.39 is 11.7 Å². The summed E-state index contributed by atoms with van der Waals surface area (Å²) in [7, 11) is 1.52. The van der Waals surface area contributed by atoms with Crippen molar-refractivity contribution in [2.24, 2.45) is 0 Å². The van der Waals surface area contributed by atoms with Gasteiger partial charge in [0.2, 0.25) is 0 Å². The Bertz CT molecular complexity index is 506. The summed E-state index contributed by atoms with van der Waals surface area (Å²) in [6.07, 6.45) is -0.654. The van der Waals surface area contributed by atoms with E-state index in [4.69, 9.17) is 0 Å². The van der Waals surface area contributed by atoms with Crippen molar-refractivity contribution in [2.75, 3.05) is 12.4 Å². The second-order valence-corrected chi connectivity index (χ2v) is 3.16. The molecule has 0 amide bonds. The third-order valence-electron chi connectivity index (χ3n) is 2.07. The van der Waals surface area contributed by atoms with Crippen LogP contribution in [0.1, 0.15) is 5.56 Å². The molecule has 2 heterocycles. The molecule has 0 aromatic carbocycles. The van der Waals surface area contributed by atoms with E-state index in [0.717, 1.165) is 10.9 Å². The SMILES string of the molecule is CNc1cnc(-n2nccn2)c(C(F)(F)F)c1. The lowest BCUT2D eigenvalue weighted by Gasteiger charge is -2.12. The Morgan fingerprint density at radius 1 is 1.24 bits per heavy atom. The number of nitrogens with one attached hydrogen (secondary N) is 1. The summed E-state index contributed by atoms with van der Waals surface area (Å²) in [6.45, 7) is 0. The minimum Gasteiger partial charge on any atom is -0.387 e. The molecule has 0 aliphatic carbocycles. The van der Waals surface area contributed by atoms with Crippen molar-refractivity contribution in [3.63, 3.8) is 0 Å². The fraction of sp³-hybridized carbons (Fsp3) is 0.222. The van der Waals surface area contributed by atoms with Crippen LogP contribution in [0.4, 0.5) is 18.9 Å². The fourth-order valence-corrected chi connectivity index (χ4v) is 1.29. The second-order valence-electron chi connectivity index (χ2n) is 3.16. The van der Waals surface area contributed by atoms with E-state index >= 15 is 0 Å². The third kappa shape index (κ3) is 2.19. The highest BCUT2D eigenvalue weighted by Crippen LogP contribution is 2.33. The van der Waals surface area contributed by atoms with Crippen LogP contribution < -0.4 is 5.32 Å². The van der Waals surface area contributed by atoms with Crippen molar-refractivity contribution < 1.29 is 13.2 Å². The van der Waals surface area contributed by atoms with Crippen molar-refractivity contribution in [3.8, 4) is 5.82 Å². The zero-order chi connectivity index (χ0) is 12.5. The van der Waals surface area contributed by atoms with E-state index in [1.54, 1.807) is 0 Å². The standard InChI is InChI=1S/C9H8F3N5/c1-13-6-4-7(9(10,11)12)8(14-5-6)17-15-2-3-16-17/h2-5,13H,1H3. The molecule has 17 heavy (non-hydrogen) atoms. The Labute approximate surface area is 94.3 Å². The van der Waals surface area contributed by atoms with Gasteiger partial charge in [0.05, 0.1) is 24.3 Å². The maximum absolute atomic E-state index is 12.8. The molecule has 0 saturated heterocycles. The molecule has 2 aromatic rings. The summed E-state index contributed by atoms with van der Waals surface area (Å²) in [6, 6.07) is 0.964. The number of nitrogens with zero attached hydrogens (tertiary/aromatic N) is 4. The highest BCUT2D eigenvalue weighted by molar-refractivity contribution is 5.49. The van der Waals surface area contributed by atoms with Gasteiger partial charge in [-0.25, -0.2) is 4.98 Å². The molecule has 8 heteroatoms. The molecule has 90 valence electrons. The van der Waals surface area contributed by atoms with Gasteiger partial charge in [0.15, 0.2) is 5.82 Å². The summed E-state index contributed by atoms with van der Waals surface area (Å²) in [5.41, 5.74) is -0.617. The Balaban J connectivity index is 2.59. The molecule has 0 bridgehead atoms. The van der Waals surface area contributed by atoms with Crippen molar-refractivity contribution in [1.82, 2.24) is 20.0 Å². The molecule has 0 fully saturated rings. The monoisotopic (exact) mass is 243 g/mol. The number of hydrogen-bond donors (Lipinski definition) is 1. The zero-order valence-electron chi connectivity index (χ0n) is 8.73. The number of pyridine rings is 1. The van der Waals surface area contributed by atoms with Gasteiger partial charge in [-0.3, -0.25) is 0 Å². The highest BCUT2D eigenvalue weighted by Gasteiger charge is 2.35. The van der Waals surface area contributed by atoms with Crippen LogP contribution in [0.25, 0.3) is 5.82 Å². The van der Waals surface area contributed by atoms with E-state index in [1.165, 1.54) is 25.6 Å². The van der Waals surface area contributed by atoms with Crippen molar-refractivity contribution >= 4 is 5.69 Å². The van der Waals surface area contributed by atoms with Crippen LogP contribution in [0.15, 0.2) is 24.7 Å². The quantitative estimate of drug-likeness (QED) is 0.872. The first-order valence-electron chi connectivity index (χ1n) is 4.64. The number of halogens is 3. The lowest BCUT2D eigenvalue weighted by molar-refractivity contribution is -0.137. The molecule has 0 unspecified atom stereocenters. The van der Waals surface area contributed by atoms with Crippen molar-refractivity contribution in [3.05, 3.63) is 30.2 Å². The predicted octanol–water partition coefficient (Wildman–Crippen LogP) is 1.72. The van der Waals surface area contributed by atoms with Gasteiger partial charge >= 0.3 is 6.18 Å². The first-order chi connectivity index (χ1) is 8.02. The molecular formula is C9H8F3N5. The van der Waals surface area contributed by atoms with E-state index in [1.807, 2.05) is 0 Å². The lowest BCUT2D eigenvalue weighted by atomic mass is 10.2. The summed E-state index contributed by atoms with van der Waals surface area (Å²) in [5, 5.41) is 9.88. The number of alkyl halides is 3. The third-order valence-corrected chi connectivity index (χ3v) is 2.07. The molecule has 0 radical (unpaired) electrons. The molecule has 0 saturated carbocycles. The molecular weight excluding hydrogens is 235 g/mol. The summed E-state index contributed by atoms with van der Waals surface area (Å²) in [5.74, 6) is -0.346. The Hall–Kier alpha value is -2.12. The van der Waals surface area contributed by atoms with Crippen LogP contribution >= 0.6 is 0 Å². The topological polar surface area (TPSA) is 55.6 Å². The van der Waals surface area contributed by atoms with Crippen LogP contribution in [0, 0.1) is 0 Å². The predicted molar refractivity (Wildman–Crippen MR) is 53.7 cm³/mol. The average molecular weight is 243 g/mol. The smallest absolute Gasteiger partial charge is 0.387 e. The molecule has 2 aromatic heterocycles. The highest BCUT2D eigenvalue weighted by atomic mass is 19.4. The van der Waals surface area contributed by atoms with Gasteiger partial charge in [0.25, 0.3) is 0 Å². The first-order valence-corrected chi connectivity index (χ1v) is 4.64. The molecule has 0 aliphatic rings.